The average Bonchev–Trinajstić information content (AvgIpc) is 3.13. The molecule has 0 atom stereocenters. The normalized spacial score (nSPS) is 28.8. The Morgan fingerprint density at radius 1 is 1.17 bits per heavy atom. The second kappa shape index (κ2) is 5.43. The van der Waals surface area contributed by atoms with Crippen molar-refractivity contribution in [3.8, 4) is 11.5 Å². The summed E-state index contributed by atoms with van der Waals surface area (Å²) in [5, 5.41) is 4.30. The van der Waals surface area contributed by atoms with E-state index in [4.69, 9.17) is 14.2 Å². The maximum atomic E-state index is 11.7. The van der Waals surface area contributed by atoms with E-state index < -0.39 is 0 Å². The Kier molecular flexibility index (Phi) is 3.48. The first-order chi connectivity index (χ1) is 11.5. The van der Waals surface area contributed by atoms with Crippen LogP contribution in [0.1, 0.15) is 61.6 Å². The first kappa shape index (κ1) is 15.4. The molecular weight excluding hydrogens is 304 g/mol. The van der Waals surface area contributed by atoms with Crippen molar-refractivity contribution >= 4 is 5.97 Å². The summed E-state index contributed by atoms with van der Waals surface area (Å²) in [5.41, 5.74) is 1.84. The Hall–Kier alpha value is -2.17. The van der Waals surface area contributed by atoms with Gasteiger partial charge in [-0.25, -0.2) is 4.79 Å². The van der Waals surface area contributed by atoms with E-state index in [0.717, 1.165) is 30.7 Å². The molecule has 3 aliphatic rings. The van der Waals surface area contributed by atoms with Gasteiger partial charge in [0.25, 0.3) is 5.89 Å². The third-order valence-electron chi connectivity index (χ3n) is 6.05. The number of ether oxygens (including phenoxy) is 1. The molecule has 0 radical (unpaired) electrons. The molecule has 2 aromatic rings. The highest BCUT2D eigenvalue weighted by molar-refractivity contribution is 5.90. The van der Waals surface area contributed by atoms with Crippen LogP contribution in [0.15, 0.2) is 28.8 Å². The lowest BCUT2D eigenvalue weighted by atomic mass is 9.54. The van der Waals surface area contributed by atoms with Gasteiger partial charge >= 0.3 is 5.97 Å². The number of methoxy groups -OCH3 is 1. The van der Waals surface area contributed by atoms with Crippen molar-refractivity contribution in [3.63, 3.8) is 0 Å². The predicted octanol–water partition coefficient (Wildman–Crippen LogP) is 4.14. The van der Waals surface area contributed by atoms with Gasteiger partial charge in [0, 0.05) is 11.0 Å². The van der Waals surface area contributed by atoms with Crippen molar-refractivity contribution in [2.45, 2.75) is 50.9 Å². The van der Waals surface area contributed by atoms with Crippen LogP contribution in [0.4, 0.5) is 0 Å². The largest absolute Gasteiger partial charge is 0.465 e. The molecule has 3 aliphatic carbocycles. The van der Waals surface area contributed by atoms with Crippen LogP contribution in [-0.4, -0.2) is 23.2 Å². The number of esters is 1. The highest BCUT2D eigenvalue weighted by atomic mass is 16.5. The van der Waals surface area contributed by atoms with Gasteiger partial charge in [-0.1, -0.05) is 18.1 Å². The second-order valence-corrected chi connectivity index (χ2v) is 7.59. The van der Waals surface area contributed by atoms with Crippen LogP contribution >= 0.6 is 0 Å². The zero-order valence-electron chi connectivity index (χ0n) is 14.2. The minimum absolute atomic E-state index is 0.0828. The molecule has 1 aromatic heterocycles. The van der Waals surface area contributed by atoms with Crippen LogP contribution in [0.2, 0.25) is 0 Å². The third-order valence-corrected chi connectivity index (χ3v) is 6.05. The summed E-state index contributed by atoms with van der Waals surface area (Å²) in [6.07, 6.45) is 7.16. The summed E-state index contributed by atoms with van der Waals surface area (Å²) < 4.78 is 10.3. The van der Waals surface area contributed by atoms with E-state index in [1.165, 1.54) is 26.4 Å². The summed E-state index contributed by atoms with van der Waals surface area (Å²) in [4.78, 5) is 16.4. The number of hydrogen-bond donors (Lipinski definition) is 0. The molecule has 0 N–H and O–H groups in total. The fraction of sp³-hybridized carbons (Fsp3) is 0.526. The van der Waals surface area contributed by atoms with Gasteiger partial charge < -0.3 is 9.26 Å². The van der Waals surface area contributed by atoms with Crippen LogP contribution in [0, 0.1) is 5.41 Å². The molecule has 5 nitrogen and oxygen atoms in total. The molecule has 1 aromatic carbocycles. The van der Waals surface area contributed by atoms with Crippen LogP contribution in [0.3, 0.4) is 0 Å². The Morgan fingerprint density at radius 2 is 1.88 bits per heavy atom. The molecule has 5 heteroatoms. The highest BCUT2D eigenvalue weighted by Crippen LogP contribution is 2.56. The minimum Gasteiger partial charge on any atom is -0.465 e. The summed E-state index contributed by atoms with van der Waals surface area (Å²) in [6.45, 7) is 2.40. The molecule has 0 spiro atoms. The van der Waals surface area contributed by atoms with Gasteiger partial charge in [-0.05, 0) is 62.1 Å². The van der Waals surface area contributed by atoms with Gasteiger partial charge in [0.2, 0.25) is 0 Å². The molecule has 0 unspecified atom stereocenters. The van der Waals surface area contributed by atoms with Crippen LogP contribution in [0.25, 0.3) is 11.5 Å². The number of hydrogen-bond acceptors (Lipinski definition) is 5. The molecule has 24 heavy (non-hydrogen) atoms. The van der Waals surface area contributed by atoms with Gasteiger partial charge in [0.1, 0.15) is 0 Å². The molecule has 0 saturated heterocycles. The Bertz CT molecular complexity index is 756. The monoisotopic (exact) mass is 326 g/mol. The second-order valence-electron chi connectivity index (χ2n) is 7.59. The van der Waals surface area contributed by atoms with Gasteiger partial charge in [-0.2, -0.15) is 4.98 Å². The number of aromatic nitrogens is 2. The van der Waals surface area contributed by atoms with E-state index in [9.17, 15) is 4.79 Å². The first-order valence-electron chi connectivity index (χ1n) is 8.57. The van der Waals surface area contributed by atoms with Gasteiger partial charge in [-0.15, -0.1) is 0 Å². The van der Waals surface area contributed by atoms with Crippen molar-refractivity contribution in [3.05, 3.63) is 35.7 Å². The van der Waals surface area contributed by atoms with E-state index in [2.05, 4.69) is 12.1 Å². The maximum absolute atomic E-state index is 11.7. The quantitative estimate of drug-likeness (QED) is 0.793. The molecular formula is C19H22N2O3. The van der Waals surface area contributed by atoms with E-state index in [-0.39, 0.29) is 11.4 Å². The first-order valence-corrected chi connectivity index (χ1v) is 8.57. The van der Waals surface area contributed by atoms with Crippen LogP contribution < -0.4 is 0 Å². The molecule has 0 aliphatic heterocycles. The summed E-state index contributed by atoms with van der Waals surface area (Å²) in [6, 6.07) is 7.13. The smallest absolute Gasteiger partial charge is 0.337 e. The number of benzene rings is 1. The SMILES string of the molecule is COC(=O)c1cccc(-c2nc(C34CCC(C)(CC3)CC4)no2)c1. The Balaban J connectivity index is 1.63. The van der Waals surface area contributed by atoms with E-state index in [0.29, 0.717) is 16.9 Å². The lowest BCUT2D eigenvalue weighted by Crippen LogP contribution is -2.43. The van der Waals surface area contributed by atoms with Crippen molar-refractivity contribution in [1.29, 1.82) is 0 Å². The molecule has 2 bridgehead atoms. The standard InChI is InChI=1S/C19H22N2O3/c1-18-6-9-19(10-7-18,11-8-18)17-20-15(24-21-17)13-4-3-5-14(12-13)16(22)23-2/h3-5,12H,6-11H2,1-2H3. The minimum atomic E-state index is -0.367. The summed E-state index contributed by atoms with van der Waals surface area (Å²) >= 11 is 0. The average molecular weight is 326 g/mol. The number of carbonyl (C=O) groups excluding carboxylic acids is 1. The number of fused-ring (bicyclic) bond motifs is 3. The maximum Gasteiger partial charge on any atom is 0.337 e. The molecule has 0 amide bonds. The zero-order valence-corrected chi connectivity index (χ0v) is 14.2. The van der Waals surface area contributed by atoms with Gasteiger partial charge in [0.15, 0.2) is 5.82 Å². The third kappa shape index (κ3) is 2.43. The molecule has 3 fully saturated rings. The van der Waals surface area contributed by atoms with Crippen molar-refractivity contribution in [1.82, 2.24) is 10.1 Å². The number of nitrogens with zero attached hydrogens (tertiary/aromatic N) is 2. The number of rotatable bonds is 3. The molecule has 126 valence electrons. The molecule has 3 saturated carbocycles. The van der Waals surface area contributed by atoms with E-state index in [1.807, 2.05) is 6.07 Å². The Morgan fingerprint density at radius 3 is 2.54 bits per heavy atom. The van der Waals surface area contributed by atoms with Gasteiger partial charge in [-0.3, -0.25) is 0 Å². The summed E-state index contributed by atoms with van der Waals surface area (Å²) in [5.74, 6) is 0.945. The number of carbonyl (C=O) groups is 1. The van der Waals surface area contributed by atoms with E-state index >= 15 is 0 Å². The highest BCUT2D eigenvalue weighted by Gasteiger charge is 2.49. The van der Waals surface area contributed by atoms with Crippen LogP contribution in [-0.2, 0) is 10.2 Å². The van der Waals surface area contributed by atoms with E-state index in [1.54, 1.807) is 18.2 Å². The fourth-order valence-electron chi connectivity index (χ4n) is 4.16. The summed E-state index contributed by atoms with van der Waals surface area (Å²) in [7, 11) is 1.37. The Labute approximate surface area is 141 Å². The molecule has 5 rings (SSSR count). The van der Waals surface area contributed by atoms with Gasteiger partial charge in [0.05, 0.1) is 12.7 Å². The van der Waals surface area contributed by atoms with Crippen molar-refractivity contribution in [2.24, 2.45) is 5.41 Å². The lowest BCUT2D eigenvalue weighted by molar-refractivity contribution is 0.0493. The predicted molar refractivity (Wildman–Crippen MR) is 88.6 cm³/mol. The lowest BCUT2D eigenvalue weighted by Gasteiger charge is -2.50. The fourth-order valence-corrected chi connectivity index (χ4v) is 4.16. The molecule has 1 heterocycles. The van der Waals surface area contributed by atoms with Crippen LogP contribution in [0.5, 0.6) is 0 Å². The zero-order chi connectivity index (χ0) is 16.8. The topological polar surface area (TPSA) is 65.2 Å². The van der Waals surface area contributed by atoms with Crippen molar-refractivity contribution in [2.75, 3.05) is 7.11 Å². The van der Waals surface area contributed by atoms with Crippen molar-refractivity contribution < 1.29 is 14.1 Å².